The summed E-state index contributed by atoms with van der Waals surface area (Å²) >= 11 is 0. The molecule has 0 bridgehead atoms. The molecule has 1 aromatic heterocycles. The van der Waals surface area contributed by atoms with Crippen LogP contribution in [0, 0.1) is 0 Å². The van der Waals surface area contributed by atoms with Crippen LogP contribution in [0.2, 0.25) is 0 Å². The summed E-state index contributed by atoms with van der Waals surface area (Å²) in [4.78, 5) is 10.9. The van der Waals surface area contributed by atoms with E-state index in [0.717, 1.165) is 30.0 Å². The van der Waals surface area contributed by atoms with Crippen molar-refractivity contribution in [1.82, 2.24) is 4.98 Å². The first-order valence-electron chi connectivity index (χ1n) is 8.10. The zero-order valence-electron chi connectivity index (χ0n) is 14.0. The highest BCUT2D eigenvalue weighted by Crippen LogP contribution is 2.31. The minimum absolute atomic E-state index is 0.201. The van der Waals surface area contributed by atoms with Gasteiger partial charge in [0.25, 0.3) is 0 Å². The Hall–Kier alpha value is -2.61. The first-order chi connectivity index (χ1) is 12.4. The van der Waals surface area contributed by atoms with Crippen LogP contribution in [-0.2, 0) is 11.3 Å². The molecule has 0 amide bonds. The van der Waals surface area contributed by atoms with Crippen molar-refractivity contribution in [2.24, 2.45) is 4.99 Å². The number of aliphatic imine (C=N–C) groups is 1. The van der Waals surface area contributed by atoms with Crippen molar-refractivity contribution in [3.05, 3.63) is 53.2 Å². The van der Waals surface area contributed by atoms with Crippen LogP contribution in [0.4, 0.5) is 19.0 Å². The molecule has 1 saturated heterocycles. The van der Waals surface area contributed by atoms with Gasteiger partial charge < -0.3 is 14.4 Å². The van der Waals surface area contributed by atoms with Gasteiger partial charge in [0.1, 0.15) is 11.6 Å². The Morgan fingerprint density at radius 3 is 2.69 bits per heavy atom. The number of nitrogens with zero attached hydrogens (tertiary/aromatic N) is 3. The molecule has 2 aliphatic heterocycles. The second-order valence-corrected chi connectivity index (χ2v) is 6.20. The number of aromatic nitrogens is 1. The molecule has 136 valence electrons. The van der Waals surface area contributed by atoms with Gasteiger partial charge in [0.15, 0.2) is 0 Å². The summed E-state index contributed by atoms with van der Waals surface area (Å²) in [6.45, 7) is 1.96. The smallest absolute Gasteiger partial charge is 0.406 e. The van der Waals surface area contributed by atoms with E-state index in [2.05, 4.69) is 19.6 Å². The highest BCUT2D eigenvalue weighted by Gasteiger charge is 2.32. The lowest BCUT2D eigenvalue weighted by Crippen LogP contribution is -2.52. The van der Waals surface area contributed by atoms with Crippen molar-refractivity contribution in [2.45, 2.75) is 19.0 Å². The molecule has 2 aromatic rings. The standard InChI is InChI=1S/C18H16F3N3O2/c1-25-14-9-24(10-14)16-6-11(4-5-22-16)17-15-7-13(26-18(19,20)21)3-2-12(15)8-23-17/h2-7,14H,8-10H2,1H3. The number of fused-ring (bicyclic) bond motifs is 1. The predicted octanol–water partition coefficient (Wildman–Crippen LogP) is 3.17. The number of rotatable bonds is 4. The van der Waals surface area contributed by atoms with Crippen LogP contribution in [0.15, 0.2) is 41.5 Å². The molecule has 4 rings (SSSR count). The lowest BCUT2D eigenvalue weighted by Gasteiger charge is -2.39. The van der Waals surface area contributed by atoms with E-state index in [4.69, 9.17) is 4.74 Å². The van der Waals surface area contributed by atoms with Crippen LogP contribution in [0.3, 0.4) is 0 Å². The fourth-order valence-electron chi connectivity index (χ4n) is 3.12. The minimum atomic E-state index is -4.72. The molecule has 0 unspecified atom stereocenters. The van der Waals surface area contributed by atoms with Crippen LogP contribution < -0.4 is 9.64 Å². The highest BCUT2D eigenvalue weighted by atomic mass is 19.4. The monoisotopic (exact) mass is 363 g/mol. The summed E-state index contributed by atoms with van der Waals surface area (Å²) < 4.78 is 46.8. The summed E-state index contributed by atoms with van der Waals surface area (Å²) in [6.07, 6.45) is -2.84. The number of hydrogen-bond donors (Lipinski definition) is 0. The molecule has 1 fully saturated rings. The van der Waals surface area contributed by atoms with Gasteiger partial charge in [0, 0.05) is 37.5 Å². The van der Waals surface area contributed by atoms with Crippen molar-refractivity contribution < 1.29 is 22.6 Å². The number of hydrogen-bond acceptors (Lipinski definition) is 5. The summed E-state index contributed by atoms with van der Waals surface area (Å²) in [7, 11) is 1.68. The first kappa shape index (κ1) is 16.8. The van der Waals surface area contributed by atoms with Crippen molar-refractivity contribution in [3.63, 3.8) is 0 Å². The fraction of sp³-hybridized carbons (Fsp3) is 0.333. The highest BCUT2D eigenvalue weighted by molar-refractivity contribution is 6.15. The molecule has 0 spiro atoms. The maximum absolute atomic E-state index is 12.5. The van der Waals surface area contributed by atoms with Crippen LogP contribution in [0.25, 0.3) is 0 Å². The Balaban J connectivity index is 1.60. The van der Waals surface area contributed by atoms with Crippen molar-refractivity contribution in [3.8, 4) is 5.75 Å². The van der Waals surface area contributed by atoms with E-state index in [9.17, 15) is 13.2 Å². The summed E-state index contributed by atoms with van der Waals surface area (Å²) in [5.41, 5.74) is 3.00. The number of halogens is 3. The Kier molecular flexibility index (Phi) is 4.07. The average molecular weight is 363 g/mol. The van der Waals surface area contributed by atoms with E-state index in [1.165, 1.54) is 12.1 Å². The third-order valence-electron chi connectivity index (χ3n) is 4.50. The van der Waals surface area contributed by atoms with Crippen LogP contribution >= 0.6 is 0 Å². The lowest BCUT2D eigenvalue weighted by atomic mass is 10.00. The van der Waals surface area contributed by atoms with Crippen LogP contribution in [0.5, 0.6) is 5.75 Å². The third-order valence-corrected chi connectivity index (χ3v) is 4.50. The van der Waals surface area contributed by atoms with E-state index in [1.54, 1.807) is 19.4 Å². The van der Waals surface area contributed by atoms with Crippen LogP contribution in [-0.4, -0.2) is 43.4 Å². The van der Waals surface area contributed by atoms with Gasteiger partial charge in [-0.15, -0.1) is 13.2 Å². The molecule has 0 radical (unpaired) electrons. The Labute approximate surface area is 148 Å². The largest absolute Gasteiger partial charge is 0.573 e. The lowest BCUT2D eigenvalue weighted by molar-refractivity contribution is -0.274. The van der Waals surface area contributed by atoms with Crippen LogP contribution in [0.1, 0.15) is 16.7 Å². The number of anilines is 1. The summed E-state index contributed by atoms with van der Waals surface area (Å²) in [6, 6.07) is 8.03. The average Bonchev–Trinajstić information content (AvgIpc) is 2.96. The van der Waals surface area contributed by atoms with Gasteiger partial charge in [-0.3, -0.25) is 4.99 Å². The predicted molar refractivity (Wildman–Crippen MR) is 89.7 cm³/mol. The topological polar surface area (TPSA) is 47.0 Å². The van der Waals surface area contributed by atoms with Gasteiger partial charge in [0.05, 0.1) is 18.4 Å². The molecule has 2 aliphatic rings. The second-order valence-electron chi connectivity index (χ2n) is 6.20. The molecule has 3 heterocycles. The quantitative estimate of drug-likeness (QED) is 0.837. The zero-order valence-corrected chi connectivity index (χ0v) is 14.0. The Bertz CT molecular complexity index is 861. The second kappa shape index (κ2) is 6.28. The molecule has 26 heavy (non-hydrogen) atoms. The normalized spacial score (nSPS) is 16.9. The van der Waals surface area contributed by atoms with Crippen molar-refractivity contribution in [1.29, 1.82) is 0 Å². The molecular weight excluding hydrogens is 347 g/mol. The number of ether oxygens (including phenoxy) is 2. The van der Waals surface area contributed by atoms with E-state index in [0.29, 0.717) is 17.8 Å². The van der Waals surface area contributed by atoms with Gasteiger partial charge in [-0.05, 0) is 29.8 Å². The molecule has 0 atom stereocenters. The van der Waals surface area contributed by atoms with Crippen molar-refractivity contribution >= 4 is 11.5 Å². The zero-order chi connectivity index (χ0) is 18.3. The maximum Gasteiger partial charge on any atom is 0.573 e. The van der Waals surface area contributed by atoms with Gasteiger partial charge >= 0.3 is 6.36 Å². The molecule has 0 aliphatic carbocycles. The number of methoxy groups -OCH3 is 1. The maximum atomic E-state index is 12.5. The van der Waals surface area contributed by atoms with E-state index >= 15 is 0 Å². The van der Waals surface area contributed by atoms with Gasteiger partial charge in [-0.2, -0.15) is 0 Å². The molecule has 5 nitrogen and oxygen atoms in total. The van der Waals surface area contributed by atoms with E-state index in [-0.39, 0.29) is 11.9 Å². The van der Waals surface area contributed by atoms with Gasteiger partial charge in [0.2, 0.25) is 0 Å². The van der Waals surface area contributed by atoms with Gasteiger partial charge in [-0.1, -0.05) is 6.07 Å². The van der Waals surface area contributed by atoms with Gasteiger partial charge in [-0.25, -0.2) is 4.98 Å². The summed E-state index contributed by atoms with van der Waals surface area (Å²) in [5.74, 6) is 0.556. The SMILES string of the molecule is COC1CN(c2cc(C3=NCc4ccc(OC(F)(F)F)cc43)ccn2)C1. The Morgan fingerprint density at radius 1 is 1.15 bits per heavy atom. The van der Waals surface area contributed by atoms with Crippen molar-refractivity contribution in [2.75, 3.05) is 25.1 Å². The summed E-state index contributed by atoms with van der Waals surface area (Å²) in [5, 5.41) is 0. The minimum Gasteiger partial charge on any atom is -0.406 e. The molecule has 0 N–H and O–H groups in total. The fourth-order valence-corrected chi connectivity index (χ4v) is 3.12. The number of pyridine rings is 1. The number of alkyl halides is 3. The molecule has 1 aromatic carbocycles. The number of benzene rings is 1. The molecular formula is C18H16F3N3O2. The van der Waals surface area contributed by atoms with E-state index in [1.807, 2.05) is 12.1 Å². The first-order valence-corrected chi connectivity index (χ1v) is 8.10. The molecule has 8 heteroatoms. The molecule has 0 saturated carbocycles. The Morgan fingerprint density at radius 2 is 1.96 bits per heavy atom. The third kappa shape index (κ3) is 3.24. The van der Waals surface area contributed by atoms with E-state index < -0.39 is 6.36 Å².